The first-order valence-electron chi connectivity index (χ1n) is 9.94. The van der Waals surface area contributed by atoms with E-state index in [2.05, 4.69) is 0 Å². The molecular formula is C21H28N2O5. The Morgan fingerprint density at radius 2 is 1.71 bits per heavy atom. The third-order valence-electron chi connectivity index (χ3n) is 5.10. The lowest BCUT2D eigenvalue weighted by Crippen LogP contribution is -2.42. The second kappa shape index (κ2) is 9.08. The number of likely N-dealkylation sites (tertiary alicyclic amines) is 1. The number of piperidine rings is 1. The number of carbonyl (C=O) groups is 3. The third kappa shape index (κ3) is 5.24. The van der Waals surface area contributed by atoms with Crippen LogP contribution in [-0.4, -0.2) is 67.0 Å². The number of amides is 2. The van der Waals surface area contributed by atoms with E-state index >= 15 is 0 Å². The first-order chi connectivity index (χ1) is 13.5. The zero-order valence-electron chi connectivity index (χ0n) is 16.6. The minimum absolute atomic E-state index is 0.0799. The van der Waals surface area contributed by atoms with Crippen molar-refractivity contribution in [2.45, 2.75) is 38.7 Å². The molecule has 7 heteroatoms. The van der Waals surface area contributed by atoms with Crippen LogP contribution < -0.4 is 4.74 Å². The van der Waals surface area contributed by atoms with Gasteiger partial charge in [-0.15, -0.1) is 0 Å². The summed E-state index contributed by atoms with van der Waals surface area (Å²) < 4.78 is 10.9. The Bertz CT molecular complexity index is 706. The van der Waals surface area contributed by atoms with Crippen molar-refractivity contribution in [3.63, 3.8) is 0 Å². The zero-order valence-corrected chi connectivity index (χ0v) is 16.6. The van der Waals surface area contributed by atoms with Crippen LogP contribution in [0.5, 0.6) is 5.75 Å². The molecule has 3 rings (SSSR count). The van der Waals surface area contributed by atoms with E-state index in [0.717, 1.165) is 38.8 Å². The first-order valence-corrected chi connectivity index (χ1v) is 9.94. The molecule has 0 bridgehead atoms. The van der Waals surface area contributed by atoms with Crippen LogP contribution in [0.3, 0.4) is 0 Å². The van der Waals surface area contributed by atoms with E-state index < -0.39 is 5.97 Å². The van der Waals surface area contributed by atoms with Crippen molar-refractivity contribution in [3.8, 4) is 5.75 Å². The number of likely N-dealkylation sites (N-methyl/N-ethyl adjacent to an activating group) is 1. The lowest BCUT2D eigenvalue weighted by Gasteiger charge is -2.32. The van der Waals surface area contributed by atoms with Gasteiger partial charge in [0, 0.05) is 44.5 Å². The van der Waals surface area contributed by atoms with Gasteiger partial charge in [-0.1, -0.05) is 0 Å². The molecule has 1 saturated carbocycles. The quantitative estimate of drug-likeness (QED) is 0.669. The van der Waals surface area contributed by atoms with Gasteiger partial charge in [-0.25, -0.2) is 0 Å². The molecule has 0 radical (unpaired) electrons. The molecule has 2 fully saturated rings. The Kier molecular flexibility index (Phi) is 6.54. The standard InChI is InChI=1S/C21H28N2O5/c1-3-27-19(24)14-22(2)20(25)15-6-8-17(9-7-15)28-18-10-12-23(13-11-18)21(26)16-4-5-16/h6-9,16,18H,3-5,10-14H2,1-2H3. The first kappa shape index (κ1) is 20.2. The number of benzene rings is 1. The summed E-state index contributed by atoms with van der Waals surface area (Å²) in [5.41, 5.74) is 0.490. The van der Waals surface area contributed by atoms with Crippen LogP contribution in [0.1, 0.15) is 43.0 Å². The van der Waals surface area contributed by atoms with E-state index in [9.17, 15) is 14.4 Å². The zero-order chi connectivity index (χ0) is 20.1. The van der Waals surface area contributed by atoms with Crippen LogP contribution >= 0.6 is 0 Å². The summed E-state index contributed by atoms with van der Waals surface area (Å²) in [7, 11) is 1.57. The molecule has 1 aliphatic heterocycles. The predicted octanol–water partition coefficient (Wildman–Crippen LogP) is 2.10. The molecule has 0 unspecified atom stereocenters. The van der Waals surface area contributed by atoms with Gasteiger partial charge in [0.25, 0.3) is 5.91 Å². The Balaban J connectivity index is 1.47. The van der Waals surface area contributed by atoms with Crippen molar-refractivity contribution >= 4 is 17.8 Å². The maximum absolute atomic E-state index is 12.4. The highest BCUT2D eigenvalue weighted by molar-refractivity contribution is 5.95. The smallest absolute Gasteiger partial charge is 0.325 e. The van der Waals surface area contributed by atoms with Crippen LogP contribution in [0.25, 0.3) is 0 Å². The second-order valence-electron chi connectivity index (χ2n) is 7.41. The highest BCUT2D eigenvalue weighted by atomic mass is 16.5. The van der Waals surface area contributed by atoms with E-state index in [1.807, 2.05) is 4.90 Å². The van der Waals surface area contributed by atoms with Gasteiger partial charge in [-0.05, 0) is 44.0 Å². The van der Waals surface area contributed by atoms with E-state index in [4.69, 9.17) is 9.47 Å². The lowest BCUT2D eigenvalue weighted by molar-refractivity contribution is -0.143. The maximum atomic E-state index is 12.4. The molecule has 2 amide bonds. The molecule has 1 aromatic carbocycles. The number of ether oxygens (including phenoxy) is 2. The van der Waals surface area contributed by atoms with Crippen LogP contribution in [0, 0.1) is 5.92 Å². The number of carbonyl (C=O) groups excluding carboxylic acids is 3. The van der Waals surface area contributed by atoms with E-state index in [-0.39, 0.29) is 24.5 Å². The van der Waals surface area contributed by atoms with Gasteiger partial charge in [0.1, 0.15) is 18.4 Å². The highest BCUT2D eigenvalue weighted by Crippen LogP contribution is 2.32. The third-order valence-corrected chi connectivity index (χ3v) is 5.10. The molecule has 0 atom stereocenters. The Hall–Kier alpha value is -2.57. The van der Waals surface area contributed by atoms with Crippen molar-refractivity contribution in [1.29, 1.82) is 0 Å². The molecule has 152 valence electrons. The van der Waals surface area contributed by atoms with Crippen LogP contribution in [0.4, 0.5) is 0 Å². The SMILES string of the molecule is CCOC(=O)CN(C)C(=O)c1ccc(OC2CCN(C(=O)C3CC3)CC2)cc1. The van der Waals surface area contributed by atoms with E-state index in [1.165, 1.54) is 4.90 Å². The van der Waals surface area contributed by atoms with Gasteiger partial charge >= 0.3 is 5.97 Å². The Morgan fingerprint density at radius 3 is 2.29 bits per heavy atom. The summed E-state index contributed by atoms with van der Waals surface area (Å²) in [6.45, 7) is 3.43. The summed E-state index contributed by atoms with van der Waals surface area (Å²) in [5, 5.41) is 0. The van der Waals surface area contributed by atoms with E-state index in [0.29, 0.717) is 23.8 Å². The highest BCUT2D eigenvalue weighted by Gasteiger charge is 2.35. The molecule has 0 spiro atoms. The largest absolute Gasteiger partial charge is 0.490 e. The normalized spacial score (nSPS) is 17.1. The number of nitrogens with zero attached hydrogens (tertiary/aromatic N) is 2. The van der Waals surface area contributed by atoms with Crippen LogP contribution in [0.15, 0.2) is 24.3 Å². The fourth-order valence-corrected chi connectivity index (χ4v) is 3.34. The minimum Gasteiger partial charge on any atom is -0.490 e. The molecule has 2 aliphatic rings. The van der Waals surface area contributed by atoms with Crippen molar-refractivity contribution in [1.82, 2.24) is 9.80 Å². The van der Waals surface area contributed by atoms with Gasteiger partial charge in [0.2, 0.25) is 5.91 Å². The molecule has 28 heavy (non-hydrogen) atoms. The average Bonchev–Trinajstić information content (AvgIpc) is 3.53. The number of hydrogen-bond donors (Lipinski definition) is 0. The molecular weight excluding hydrogens is 360 g/mol. The molecule has 1 heterocycles. The van der Waals surface area contributed by atoms with Gasteiger partial charge in [0.05, 0.1) is 6.61 Å². The predicted molar refractivity (Wildman–Crippen MR) is 103 cm³/mol. The molecule has 1 aromatic rings. The number of rotatable bonds is 7. The van der Waals surface area contributed by atoms with Gasteiger partial charge in [-0.2, -0.15) is 0 Å². The van der Waals surface area contributed by atoms with Gasteiger partial charge < -0.3 is 19.3 Å². The molecule has 0 N–H and O–H groups in total. The topological polar surface area (TPSA) is 76.2 Å². The maximum Gasteiger partial charge on any atom is 0.325 e. The van der Waals surface area contributed by atoms with Crippen LogP contribution in [-0.2, 0) is 14.3 Å². The fraction of sp³-hybridized carbons (Fsp3) is 0.571. The van der Waals surface area contributed by atoms with Crippen molar-refractivity contribution in [2.75, 3.05) is 33.3 Å². The second-order valence-corrected chi connectivity index (χ2v) is 7.41. The van der Waals surface area contributed by atoms with Gasteiger partial charge in [-0.3, -0.25) is 14.4 Å². The number of esters is 1. The van der Waals surface area contributed by atoms with Crippen LogP contribution in [0.2, 0.25) is 0 Å². The monoisotopic (exact) mass is 388 g/mol. The van der Waals surface area contributed by atoms with Crippen molar-refractivity contribution < 1.29 is 23.9 Å². The Morgan fingerprint density at radius 1 is 1.07 bits per heavy atom. The molecule has 0 aromatic heterocycles. The lowest BCUT2D eigenvalue weighted by atomic mass is 10.1. The average molecular weight is 388 g/mol. The molecule has 7 nitrogen and oxygen atoms in total. The van der Waals surface area contributed by atoms with Crippen molar-refractivity contribution in [3.05, 3.63) is 29.8 Å². The number of hydrogen-bond acceptors (Lipinski definition) is 5. The summed E-state index contributed by atoms with van der Waals surface area (Å²) in [4.78, 5) is 39.3. The van der Waals surface area contributed by atoms with E-state index in [1.54, 1.807) is 38.2 Å². The van der Waals surface area contributed by atoms with Gasteiger partial charge in [0.15, 0.2) is 0 Å². The fourth-order valence-electron chi connectivity index (χ4n) is 3.34. The molecule has 1 aliphatic carbocycles. The minimum atomic E-state index is -0.426. The summed E-state index contributed by atoms with van der Waals surface area (Å²) in [5.74, 6) is 0.602. The summed E-state index contributed by atoms with van der Waals surface area (Å²) >= 11 is 0. The Labute approximate surface area is 165 Å². The summed E-state index contributed by atoms with van der Waals surface area (Å²) in [6, 6.07) is 6.94. The van der Waals surface area contributed by atoms with Crippen molar-refractivity contribution in [2.24, 2.45) is 5.92 Å². The summed E-state index contributed by atoms with van der Waals surface area (Å²) in [6.07, 6.45) is 3.80. The molecule has 1 saturated heterocycles.